The van der Waals surface area contributed by atoms with Crippen molar-refractivity contribution in [3.05, 3.63) is 72.2 Å². The Morgan fingerprint density at radius 1 is 1.34 bits per heavy atom. The largest absolute Gasteiger partial charge is 0.426 e. The standard InChI is InChI=1S/C25H36N2O2/c1-6-8-9-10-11-19(3)20(4)18-23-21(5)29-25(28)13-12-24(23)26-22-14-16-27(7-2)17-15-22/h8-12,18-19,22,26H,4-7,13-17H2,1-3H3/b9-8-,11-10-,23-18+. The van der Waals surface area contributed by atoms with Crippen LogP contribution in [0.2, 0.25) is 0 Å². The van der Waals surface area contributed by atoms with Gasteiger partial charge in [-0.2, -0.15) is 0 Å². The molecule has 0 saturated carbocycles. The molecule has 0 aliphatic carbocycles. The molecule has 0 radical (unpaired) electrons. The lowest BCUT2D eigenvalue weighted by molar-refractivity contribution is -0.137. The van der Waals surface area contributed by atoms with Gasteiger partial charge in [-0.25, -0.2) is 0 Å². The molecular weight excluding hydrogens is 360 g/mol. The molecule has 29 heavy (non-hydrogen) atoms. The van der Waals surface area contributed by atoms with Gasteiger partial charge in [0.1, 0.15) is 5.76 Å². The third-order valence-electron chi connectivity index (χ3n) is 5.49. The van der Waals surface area contributed by atoms with Gasteiger partial charge in [0, 0.05) is 30.4 Å². The van der Waals surface area contributed by atoms with Gasteiger partial charge in [0.2, 0.25) is 0 Å². The van der Waals surface area contributed by atoms with Crippen molar-refractivity contribution in [3.63, 3.8) is 0 Å². The fourth-order valence-corrected chi connectivity index (χ4v) is 3.47. The zero-order valence-corrected chi connectivity index (χ0v) is 18.2. The van der Waals surface area contributed by atoms with E-state index in [0.29, 0.717) is 11.8 Å². The molecule has 2 heterocycles. The molecular formula is C25H36N2O2. The smallest absolute Gasteiger partial charge is 0.315 e. The van der Waals surface area contributed by atoms with Crippen LogP contribution in [0.1, 0.15) is 46.5 Å². The number of rotatable bonds is 8. The number of likely N-dealkylation sites (tertiary alicyclic amines) is 1. The molecule has 1 saturated heterocycles. The van der Waals surface area contributed by atoms with Crippen LogP contribution in [0.15, 0.2) is 72.2 Å². The van der Waals surface area contributed by atoms with Crippen molar-refractivity contribution in [2.75, 3.05) is 19.6 Å². The average molecular weight is 397 g/mol. The van der Waals surface area contributed by atoms with E-state index in [1.807, 2.05) is 12.2 Å². The van der Waals surface area contributed by atoms with E-state index in [9.17, 15) is 4.79 Å². The Kier molecular flexibility index (Phi) is 9.20. The maximum absolute atomic E-state index is 12.0. The van der Waals surface area contributed by atoms with Crippen LogP contribution >= 0.6 is 0 Å². The molecule has 0 aromatic carbocycles. The van der Waals surface area contributed by atoms with E-state index in [0.717, 1.165) is 55.7 Å². The number of cyclic esters (lactones) is 1. The monoisotopic (exact) mass is 396 g/mol. The van der Waals surface area contributed by atoms with Crippen molar-refractivity contribution < 1.29 is 9.53 Å². The lowest BCUT2D eigenvalue weighted by atomic mass is 9.96. The van der Waals surface area contributed by atoms with E-state index < -0.39 is 0 Å². The molecule has 0 amide bonds. The molecule has 0 aromatic rings. The molecule has 0 spiro atoms. The minimum Gasteiger partial charge on any atom is -0.426 e. The number of hydrogen-bond acceptors (Lipinski definition) is 4. The second kappa shape index (κ2) is 11.6. The first-order chi connectivity index (χ1) is 13.9. The molecule has 1 fully saturated rings. The fraction of sp³-hybridized carbons (Fsp3) is 0.480. The lowest BCUT2D eigenvalue weighted by Gasteiger charge is -2.33. The van der Waals surface area contributed by atoms with Crippen molar-refractivity contribution in [1.29, 1.82) is 0 Å². The van der Waals surface area contributed by atoms with Crippen molar-refractivity contribution in [1.82, 2.24) is 10.2 Å². The van der Waals surface area contributed by atoms with Gasteiger partial charge in [-0.15, -0.1) is 0 Å². The summed E-state index contributed by atoms with van der Waals surface area (Å²) >= 11 is 0. The number of nitrogens with one attached hydrogen (secondary N) is 1. The number of allylic oxidation sites excluding steroid dienone is 6. The topological polar surface area (TPSA) is 41.6 Å². The Morgan fingerprint density at radius 3 is 2.72 bits per heavy atom. The molecule has 158 valence electrons. The van der Waals surface area contributed by atoms with Crippen LogP contribution in [0.3, 0.4) is 0 Å². The SMILES string of the molecule is C=C1OC(=O)CC=C(NC2CCN(CC)CC2)/C1=C/C(=C)C(C)/C=C\C=C/CC. The van der Waals surface area contributed by atoms with Gasteiger partial charge in [0.05, 0.1) is 6.42 Å². The summed E-state index contributed by atoms with van der Waals surface area (Å²) in [5, 5.41) is 3.65. The lowest BCUT2D eigenvalue weighted by Crippen LogP contribution is -2.42. The summed E-state index contributed by atoms with van der Waals surface area (Å²) in [6.07, 6.45) is 15.7. The van der Waals surface area contributed by atoms with Crippen LogP contribution in [0, 0.1) is 5.92 Å². The molecule has 4 nitrogen and oxygen atoms in total. The summed E-state index contributed by atoms with van der Waals surface area (Å²) < 4.78 is 5.40. The first-order valence-corrected chi connectivity index (χ1v) is 10.8. The minimum atomic E-state index is -0.276. The van der Waals surface area contributed by atoms with Gasteiger partial charge in [-0.1, -0.05) is 58.2 Å². The summed E-state index contributed by atoms with van der Waals surface area (Å²) in [6.45, 7) is 18.0. The van der Waals surface area contributed by atoms with Crippen LogP contribution < -0.4 is 5.32 Å². The maximum Gasteiger partial charge on any atom is 0.315 e. The quantitative estimate of drug-likeness (QED) is 0.461. The van der Waals surface area contributed by atoms with Gasteiger partial charge in [-0.3, -0.25) is 4.79 Å². The maximum atomic E-state index is 12.0. The van der Waals surface area contributed by atoms with Crippen LogP contribution in [-0.4, -0.2) is 36.5 Å². The number of nitrogens with zero attached hydrogens (tertiary/aromatic N) is 1. The fourth-order valence-electron chi connectivity index (χ4n) is 3.47. The molecule has 2 rings (SSSR count). The molecule has 0 aromatic heterocycles. The minimum absolute atomic E-state index is 0.171. The van der Waals surface area contributed by atoms with Gasteiger partial charge in [-0.05, 0) is 49.5 Å². The molecule has 1 N–H and O–H groups in total. The first kappa shape index (κ1) is 23.0. The third kappa shape index (κ3) is 7.21. The molecule has 1 unspecified atom stereocenters. The summed E-state index contributed by atoms with van der Waals surface area (Å²) in [7, 11) is 0. The Balaban J connectivity index is 2.15. The number of esters is 1. The zero-order valence-electron chi connectivity index (χ0n) is 18.2. The highest BCUT2D eigenvalue weighted by molar-refractivity contribution is 5.75. The highest BCUT2D eigenvalue weighted by Gasteiger charge is 2.23. The highest BCUT2D eigenvalue weighted by Crippen LogP contribution is 2.27. The van der Waals surface area contributed by atoms with Crippen molar-refractivity contribution >= 4 is 5.97 Å². The van der Waals surface area contributed by atoms with E-state index in [1.54, 1.807) is 0 Å². The van der Waals surface area contributed by atoms with Crippen molar-refractivity contribution in [2.45, 2.75) is 52.5 Å². The summed E-state index contributed by atoms with van der Waals surface area (Å²) in [4.78, 5) is 14.4. The molecule has 0 bridgehead atoms. The second-order valence-corrected chi connectivity index (χ2v) is 7.71. The summed E-state index contributed by atoms with van der Waals surface area (Å²) in [6, 6.07) is 0.387. The number of hydrogen-bond donors (Lipinski definition) is 1. The van der Waals surface area contributed by atoms with E-state index in [2.05, 4.69) is 68.4 Å². The number of piperidine rings is 1. The Bertz CT molecular complexity index is 719. The van der Waals surface area contributed by atoms with Crippen molar-refractivity contribution in [3.8, 4) is 0 Å². The Labute approximate surface area is 176 Å². The van der Waals surface area contributed by atoms with Crippen LogP contribution in [0.25, 0.3) is 0 Å². The van der Waals surface area contributed by atoms with E-state index in [-0.39, 0.29) is 18.3 Å². The first-order valence-electron chi connectivity index (χ1n) is 10.8. The predicted octanol–water partition coefficient (Wildman–Crippen LogP) is 5.05. The number of carbonyl (C=O) groups excluding carboxylic acids is 1. The normalized spacial score (nSPS) is 22.0. The average Bonchev–Trinajstić information content (AvgIpc) is 2.84. The molecule has 4 heteroatoms. The van der Waals surface area contributed by atoms with Crippen LogP contribution in [-0.2, 0) is 9.53 Å². The van der Waals surface area contributed by atoms with Gasteiger partial charge in [0.25, 0.3) is 0 Å². The van der Waals surface area contributed by atoms with Gasteiger partial charge in [0.15, 0.2) is 0 Å². The third-order valence-corrected chi connectivity index (χ3v) is 5.49. The molecule has 1 atom stereocenters. The predicted molar refractivity (Wildman–Crippen MR) is 121 cm³/mol. The highest BCUT2D eigenvalue weighted by atomic mass is 16.5. The van der Waals surface area contributed by atoms with Crippen LogP contribution in [0.5, 0.6) is 0 Å². The molecule has 2 aliphatic heterocycles. The van der Waals surface area contributed by atoms with E-state index >= 15 is 0 Å². The number of carbonyl (C=O) groups is 1. The Hall–Kier alpha value is -2.33. The number of ether oxygens (including phenoxy) is 1. The van der Waals surface area contributed by atoms with Crippen LogP contribution in [0.4, 0.5) is 0 Å². The zero-order chi connectivity index (χ0) is 21.2. The summed E-state index contributed by atoms with van der Waals surface area (Å²) in [5.74, 6) is 0.284. The Morgan fingerprint density at radius 2 is 2.07 bits per heavy atom. The van der Waals surface area contributed by atoms with Crippen molar-refractivity contribution in [2.24, 2.45) is 5.92 Å². The second-order valence-electron chi connectivity index (χ2n) is 7.71. The van der Waals surface area contributed by atoms with E-state index in [4.69, 9.17) is 4.74 Å². The molecule has 2 aliphatic rings. The van der Waals surface area contributed by atoms with E-state index in [1.165, 1.54) is 0 Å². The summed E-state index contributed by atoms with van der Waals surface area (Å²) in [5.41, 5.74) is 2.70. The van der Waals surface area contributed by atoms with Gasteiger partial charge < -0.3 is 15.0 Å². The van der Waals surface area contributed by atoms with Gasteiger partial charge >= 0.3 is 5.97 Å².